The van der Waals surface area contributed by atoms with Crippen LogP contribution < -0.4 is 10.6 Å². The van der Waals surface area contributed by atoms with Crippen molar-refractivity contribution in [1.82, 2.24) is 15.6 Å². The standard InChI is InChI=1S/C20H18FN3O2/c21-17-8-6-16(7-9-17)20(26)24-13-18(25)22-12-10-15-4-1-3-14-5-2-11-23-19(14)15/h1-9,11H,10,12-13H2,(H,22,25)(H,24,26). The normalized spacial score (nSPS) is 10.5. The maximum atomic E-state index is 12.8. The highest BCUT2D eigenvalue weighted by molar-refractivity contribution is 5.96. The third kappa shape index (κ3) is 4.42. The van der Waals surface area contributed by atoms with Crippen LogP contribution in [0, 0.1) is 5.82 Å². The molecule has 1 heterocycles. The van der Waals surface area contributed by atoms with Crippen LogP contribution in [0.25, 0.3) is 10.9 Å². The highest BCUT2D eigenvalue weighted by Gasteiger charge is 2.08. The van der Waals surface area contributed by atoms with Crippen LogP contribution in [-0.4, -0.2) is 29.9 Å². The molecule has 0 aliphatic carbocycles. The predicted octanol–water partition coefficient (Wildman–Crippen LogP) is 2.46. The van der Waals surface area contributed by atoms with E-state index in [0.29, 0.717) is 18.5 Å². The van der Waals surface area contributed by atoms with Gasteiger partial charge in [0.15, 0.2) is 0 Å². The van der Waals surface area contributed by atoms with Gasteiger partial charge in [-0.15, -0.1) is 0 Å². The van der Waals surface area contributed by atoms with E-state index in [-0.39, 0.29) is 12.5 Å². The molecule has 0 saturated carbocycles. The number of halogens is 1. The fourth-order valence-corrected chi connectivity index (χ4v) is 2.63. The van der Waals surface area contributed by atoms with E-state index in [1.54, 1.807) is 6.20 Å². The Morgan fingerprint density at radius 3 is 2.54 bits per heavy atom. The molecule has 0 aliphatic heterocycles. The Balaban J connectivity index is 1.47. The third-order valence-corrected chi connectivity index (χ3v) is 3.95. The molecule has 0 fully saturated rings. The molecular formula is C20H18FN3O2. The van der Waals surface area contributed by atoms with Gasteiger partial charge in [0.1, 0.15) is 5.82 Å². The summed E-state index contributed by atoms with van der Waals surface area (Å²) in [5.41, 5.74) is 2.29. The summed E-state index contributed by atoms with van der Waals surface area (Å²) < 4.78 is 12.8. The van der Waals surface area contributed by atoms with E-state index in [1.165, 1.54) is 24.3 Å². The number of hydrogen-bond donors (Lipinski definition) is 2. The second kappa shape index (κ2) is 8.20. The van der Waals surface area contributed by atoms with Crippen molar-refractivity contribution < 1.29 is 14.0 Å². The van der Waals surface area contributed by atoms with E-state index in [0.717, 1.165) is 16.5 Å². The van der Waals surface area contributed by atoms with Gasteiger partial charge >= 0.3 is 0 Å². The van der Waals surface area contributed by atoms with Gasteiger partial charge in [0.25, 0.3) is 5.91 Å². The number of carbonyl (C=O) groups excluding carboxylic acids is 2. The van der Waals surface area contributed by atoms with Gasteiger partial charge in [0, 0.05) is 23.7 Å². The molecule has 2 amide bonds. The summed E-state index contributed by atoms with van der Waals surface area (Å²) in [6.45, 7) is 0.310. The molecule has 0 bridgehead atoms. The quantitative estimate of drug-likeness (QED) is 0.717. The van der Waals surface area contributed by atoms with E-state index in [1.807, 2.05) is 30.3 Å². The van der Waals surface area contributed by atoms with E-state index < -0.39 is 11.7 Å². The van der Waals surface area contributed by atoms with Crippen molar-refractivity contribution in [2.24, 2.45) is 0 Å². The number of carbonyl (C=O) groups is 2. The molecule has 0 atom stereocenters. The van der Waals surface area contributed by atoms with Gasteiger partial charge in [-0.3, -0.25) is 14.6 Å². The lowest BCUT2D eigenvalue weighted by Crippen LogP contribution is -2.37. The molecule has 3 aromatic rings. The third-order valence-electron chi connectivity index (χ3n) is 3.95. The van der Waals surface area contributed by atoms with E-state index in [4.69, 9.17) is 0 Å². The summed E-state index contributed by atoms with van der Waals surface area (Å²) in [4.78, 5) is 28.1. The summed E-state index contributed by atoms with van der Waals surface area (Å²) in [6.07, 6.45) is 2.39. The molecule has 132 valence electrons. The van der Waals surface area contributed by atoms with Crippen LogP contribution >= 0.6 is 0 Å². The van der Waals surface area contributed by atoms with Crippen molar-refractivity contribution in [1.29, 1.82) is 0 Å². The first-order valence-electron chi connectivity index (χ1n) is 8.26. The maximum Gasteiger partial charge on any atom is 0.251 e. The van der Waals surface area contributed by atoms with Crippen LogP contribution in [0.15, 0.2) is 60.8 Å². The summed E-state index contributed by atoms with van der Waals surface area (Å²) in [5.74, 6) is -1.12. The number of nitrogens with zero attached hydrogens (tertiary/aromatic N) is 1. The zero-order valence-corrected chi connectivity index (χ0v) is 14.0. The van der Waals surface area contributed by atoms with Gasteiger partial charge in [-0.25, -0.2) is 4.39 Å². The molecule has 3 rings (SSSR count). The highest BCUT2D eigenvalue weighted by Crippen LogP contribution is 2.15. The number of para-hydroxylation sites is 1. The molecule has 26 heavy (non-hydrogen) atoms. The lowest BCUT2D eigenvalue weighted by molar-refractivity contribution is -0.120. The number of pyridine rings is 1. The van der Waals surface area contributed by atoms with Gasteiger partial charge in [0.05, 0.1) is 12.1 Å². The average Bonchev–Trinajstić information content (AvgIpc) is 2.67. The van der Waals surface area contributed by atoms with Crippen molar-refractivity contribution in [3.05, 3.63) is 77.7 Å². The van der Waals surface area contributed by atoms with Crippen molar-refractivity contribution in [2.45, 2.75) is 6.42 Å². The first-order valence-corrected chi connectivity index (χ1v) is 8.26. The molecule has 0 saturated heterocycles. The zero-order valence-electron chi connectivity index (χ0n) is 14.0. The Kier molecular flexibility index (Phi) is 5.53. The number of hydrogen-bond acceptors (Lipinski definition) is 3. The Bertz CT molecular complexity index is 920. The van der Waals surface area contributed by atoms with E-state index in [2.05, 4.69) is 15.6 Å². The second-order valence-corrected chi connectivity index (χ2v) is 5.78. The Labute approximate surface area is 150 Å². The fraction of sp³-hybridized carbons (Fsp3) is 0.150. The summed E-state index contributed by atoms with van der Waals surface area (Å²) in [5, 5.41) is 6.34. The summed E-state index contributed by atoms with van der Waals surface area (Å²) in [6, 6.07) is 15.0. The molecule has 0 spiro atoms. The fourth-order valence-electron chi connectivity index (χ4n) is 2.63. The van der Waals surface area contributed by atoms with Gasteiger partial charge in [-0.05, 0) is 42.3 Å². The first kappa shape index (κ1) is 17.5. The SMILES string of the molecule is O=C(CNC(=O)c1ccc(F)cc1)NCCc1cccc2cccnc12. The molecule has 0 radical (unpaired) electrons. The van der Waals surface area contributed by atoms with E-state index >= 15 is 0 Å². The van der Waals surface area contributed by atoms with Crippen LogP contribution in [0.1, 0.15) is 15.9 Å². The van der Waals surface area contributed by atoms with Crippen LogP contribution in [0.4, 0.5) is 4.39 Å². The lowest BCUT2D eigenvalue weighted by Gasteiger charge is -2.08. The maximum absolute atomic E-state index is 12.8. The van der Waals surface area contributed by atoms with Crippen molar-refractivity contribution in [3.8, 4) is 0 Å². The molecular weight excluding hydrogens is 333 g/mol. The topological polar surface area (TPSA) is 71.1 Å². The number of fused-ring (bicyclic) bond motifs is 1. The number of nitrogens with one attached hydrogen (secondary N) is 2. The lowest BCUT2D eigenvalue weighted by atomic mass is 10.1. The largest absolute Gasteiger partial charge is 0.354 e. The molecule has 1 aromatic heterocycles. The minimum atomic E-state index is -0.418. The molecule has 0 unspecified atom stereocenters. The molecule has 5 nitrogen and oxygen atoms in total. The minimum absolute atomic E-state index is 0.135. The van der Waals surface area contributed by atoms with Crippen LogP contribution in [-0.2, 0) is 11.2 Å². The van der Waals surface area contributed by atoms with Gasteiger partial charge in [-0.1, -0.05) is 24.3 Å². The van der Waals surface area contributed by atoms with Crippen LogP contribution in [0.5, 0.6) is 0 Å². The van der Waals surface area contributed by atoms with Crippen LogP contribution in [0.3, 0.4) is 0 Å². The monoisotopic (exact) mass is 351 g/mol. The molecule has 2 N–H and O–H groups in total. The van der Waals surface area contributed by atoms with Gasteiger partial charge < -0.3 is 10.6 Å². The highest BCUT2D eigenvalue weighted by atomic mass is 19.1. The van der Waals surface area contributed by atoms with Crippen molar-refractivity contribution >= 4 is 22.7 Å². The number of amides is 2. The second-order valence-electron chi connectivity index (χ2n) is 5.78. The summed E-state index contributed by atoms with van der Waals surface area (Å²) in [7, 11) is 0. The van der Waals surface area contributed by atoms with E-state index in [9.17, 15) is 14.0 Å². The zero-order chi connectivity index (χ0) is 18.4. The van der Waals surface area contributed by atoms with Crippen molar-refractivity contribution in [3.63, 3.8) is 0 Å². The number of rotatable bonds is 6. The Hall–Kier alpha value is -3.28. The predicted molar refractivity (Wildman–Crippen MR) is 97.2 cm³/mol. The molecule has 2 aromatic carbocycles. The van der Waals surface area contributed by atoms with Gasteiger partial charge in [-0.2, -0.15) is 0 Å². The number of benzene rings is 2. The smallest absolute Gasteiger partial charge is 0.251 e. The molecule has 6 heteroatoms. The van der Waals surface area contributed by atoms with Gasteiger partial charge in [0.2, 0.25) is 5.91 Å². The summed E-state index contributed by atoms with van der Waals surface area (Å²) >= 11 is 0. The number of aromatic nitrogens is 1. The van der Waals surface area contributed by atoms with Crippen molar-refractivity contribution in [2.75, 3.05) is 13.1 Å². The minimum Gasteiger partial charge on any atom is -0.354 e. The Morgan fingerprint density at radius 2 is 1.73 bits per heavy atom. The van der Waals surface area contributed by atoms with Crippen LogP contribution in [0.2, 0.25) is 0 Å². The first-order chi connectivity index (χ1) is 12.6. The Morgan fingerprint density at radius 1 is 0.962 bits per heavy atom. The molecule has 0 aliphatic rings. The average molecular weight is 351 g/mol.